The van der Waals surface area contributed by atoms with Crippen LogP contribution in [0.15, 0.2) is 24.3 Å². The topological polar surface area (TPSA) is 49.4 Å². The Hall–Kier alpha value is -1.49. The number of nitrogens with one attached hydrogen (secondary N) is 1. The fraction of sp³-hybridized carbons (Fsp3) is 0.529. The number of amides is 3. The first-order valence-electron chi connectivity index (χ1n) is 7.67. The van der Waals surface area contributed by atoms with Gasteiger partial charge in [-0.3, -0.25) is 9.69 Å². The van der Waals surface area contributed by atoms with Crippen LogP contribution in [-0.4, -0.2) is 40.9 Å². The van der Waals surface area contributed by atoms with Crippen LogP contribution in [0.1, 0.15) is 30.9 Å². The van der Waals surface area contributed by atoms with Crippen molar-refractivity contribution >= 4 is 23.7 Å². The van der Waals surface area contributed by atoms with Crippen molar-refractivity contribution in [2.75, 3.05) is 12.0 Å². The van der Waals surface area contributed by atoms with E-state index in [1.165, 1.54) is 16.0 Å². The average molecular weight is 318 g/mol. The minimum absolute atomic E-state index is 0.0135. The standard InChI is InChI=1S/C17H22N2O2S/c1-11-6-4-5-7-12(11)17(2)10-14(17)19-15(20)13(8-9-22-3)18-16(19)21/h4-7,13-14H,8-10H2,1-3H3,(H,18,21)/t13-,14+,17-/m0/s1. The van der Waals surface area contributed by atoms with Gasteiger partial charge in [0.1, 0.15) is 6.04 Å². The Labute approximate surface area is 135 Å². The molecule has 2 fully saturated rings. The van der Waals surface area contributed by atoms with Crippen molar-refractivity contribution in [3.63, 3.8) is 0 Å². The van der Waals surface area contributed by atoms with Crippen molar-refractivity contribution < 1.29 is 9.59 Å². The predicted octanol–water partition coefficient (Wildman–Crippen LogP) is 2.70. The normalized spacial score (nSPS) is 30.6. The van der Waals surface area contributed by atoms with E-state index in [0.29, 0.717) is 6.42 Å². The van der Waals surface area contributed by atoms with E-state index in [-0.39, 0.29) is 29.4 Å². The van der Waals surface area contributed by atoms with Crippen molar-refractivity contribution in [1.82, 2.24) is 10.2 Å². The number of nitrogens with zero attached hydrogens (tertiary/aromatic N) is 1. The van der Waals surface area contributed by atoms with E-state index < -0.39 is 0 Å². The van der Waals surface area contributed by atoms with Crippen molar-refractivity contribution in [3.05, 3.63) is 35.4 Å². The van der Waals surface area contributed by atoms with E-state index in [1.807, 2.05) is 18.4 Å². The minimum atomic E-state index is -0.346. The molecule has 3 rings (SSSR count). The van der Waals surface area contributed by atoms with Gasteiger partial charge < -0.3 is 5.32 Å². The number of imide groups is 1. The second kappa shape index (κ2) is 5.61. The third-order valence-corrected chi connectivity index (χ3v) is 5.57. The van der Waals surface area contributed by atoms with Gasteiger partial charge in [0.25, 0.3) is 5.91 Å². The largest absolute Gasteiger partial charge is 0.326 e. The third kappa shape index (κ3) is 2.41. The summed E-state index contributed by atoms with van der Waals surface area (Å²) >= 11 is 1.69. The van der Waals surface area contributed by atoms with Gasteiger partial charge in [-0.2, -0.15) is 11.8 Å². The van der Waals surface area contributed by atoms with E-state index in [4.69, 9.17) is 0 Å². The molecule has 1 aromatic carbocycles. The molecule has 1 aliphatic carbocycles. The summed E-state index contributed by atoms with van der Waals surface area (Å²) in [6.45, 7) is 4.24. The Morgan fingerprint density at radius 3 is 2.77 bits per heavy atom. The molecule has 1 heterocycles. The van der Waals surface area contributed by atoms with Gasteiger partial charge in [-0.05, 0) is 42.9 Å². The zero-order valence-corrected chi connectivity index (χ0v) is 14.1. The quantitative estimate of drug-likeness (QED) is 0.849. The van der Waals surface area contributed by atoms with Crippen LogP contribution in [0.25, 0.3) is 0 Å². The number of urea groups is 1. The monoisotopic (exact) mass is 318 g/mol. The van der Waals surface area contributed by atoms with E-state index in [0.717, 1.165) is 12.2 Å². The van der Waals surface area contributed by atoms with Gasteiger partial charge in [-0.1, -0.05) is 31.2 Å². The van der Waals surface area contributed by atoms with Crippen LogP contribution in [0, 0.1) is 6.92 Å². The summed E-state index contributed by atoms with van der Waals surface area (Å²) < 4.78 is 0. The molecule has 3 atom stereocenters. The van der Waals surface area contributed by atoms with Crippen molar-refractivity contribution in [1.29, 1.82) is 0 Å². The van der Waals surface area contributed by atoms with Gasteiger partial charge in [0, 0.05) is 5.41 Å². The molecule has 1 aliphatic heterocycles. The van der Waals surface area contributed by atoms with Gasteiger partial charge in [0.05, 0.1) is 6.04 Å². The molecule has 118 valence electrons. The second-order valence-corrected chi connectivity index (χ2v) is 7.43. The summed E-state index contributed by atoms with van der Waals surface area (Å²) in [4.78, 5) is 26.2. The number of rotatable bonds is 5. The Morgan fingerprint density at radius 2 is 2.09 bits per heavy atom. The summed E-state index contributed by atoms with van der Waals surface area (Å²) in [5, 5.41) is 2.84. The zero-order valence-electron chi connectivity index (χ0n) is 13.3. The van der Waals surface area contributed by atoms with E-state index >= 15 is 0 Å². The molecular formula is C17H22N2O2S. The maximum Gasteiger partial charge on any atom is 0.325 e. The number of hydrogen-bond donors (Lipinski definition) is 1. The summed E-state index contributed by atoms with van der Waals surface area (Å²) in [6.07, 6.45) is 3.57. The molecule has 5 heteroatoms. The SMILES string of the molecule is CSCC[C@@H]1NC(=O)N([C@@H]2C[C@@]2(C)c2ccccc2C)C1=O. The van der Waals surface area contributed by atoms with Gasteiger partial charge in [0.15, 0.2) is 0 Å². The number of benzene rings is 1. The van der Waals surface area contributed by atoms with E-state index in [1.54, 1.807) is 11.8 Å². The molecule has 4 nitrogen and oxygen atoms in total. The first-order valence-corrected chi connectivity index (χ1v) is 9.07. The lowest BCUT2D eigenvalue weighted by Gasteiger charge is -2.19. The molecule has 0 bridgehead atoms. The Bertz CT molecular complexity index is 618. The van der Waals surface area contributed by atoms with Gasteiger partial charge in [0.2, 0.25) is 0 Å². The van der Waals surface area contributed by atoms with Crippen molar-refractivity contribution in [2.24, 2.45) is 0 Å². The number of carbonyl (C=O) groups excluding carboxylic acids is 2. The van der Waals surface area contributed by atoms with Crippen molar-refractivity contribution in [3.8, 4) is 0 Å². The Morgan fingerprint density at radius 1 is 1.36 bits per heavy atom. The summed E-state index contributed by atoms with van der Waals surface area (Å²) in [5.74, 6) is 0.825. The zero-order chi connectivity index (χ0) is 15.9. The van der Waals surface area contributed by atoms with E-state index in [2.05, 4.69) is 31.3 Å². The second-order valence-electron chi connectivity index (χ2n) is 6.44. The lowest BCUT2D eigenvalue weighted by atomic mass is 9.93. The van der Waals surface area contributed by atoms with E-state index in [9.17, 15) is 9.59 Å². The van der Waals surface area contributed by atoms with Gasteiger partial charge in [-0.15, -0.1) is 0 Å². The molecule has 1 saturated heterocycles. The summed E-state index contributed by atoms with van der Waals surface area (Å²) in [5.41, 5.74) is 2.36. The molecule has 1 saturated carbocycles. The van der Waals surface area contributed by atoms with Crippen LogP contribution < -0.4 is 5.32 Å². The van der Waals surface area contributed by atoms with Crippen LogP contribution in [0.5, 0.6) is 0 Å². The molecule has 0 unspecified atom stereocenters. The number of thioether (sulfide) groups is 1. The highest BCUT2D eigenvalue weighted by atomic mass is 32.2. The molecule has 3 amide bonds. The first-order chi connectivity index (χ1) is 10.5. The molecule has 1 aromatic rings. The third-order valence-electron chi connectivity index (χ3n) is 4.93. The summed E-state index contributed by atoms with van der Waals surface area (Å²) in [6, 6.07) is 7.66. The van der Waals surface area contributed by atoms with Gasteiger partial charge in [-0.25, -0.2) is 4.79 Å². The Balaban J connectivity index is 1.78. The van der Waals surface area contributed by atoms with Crippen LogP contribution in [-0.2, 0) is 10.2 Å². The molecule has 0 radical (unpaired) electrons. The molecule has 1 N–H and O–H groups in total. The molecule has 0 aromatic heterocycles. The Kier molecular flexibility index (Phi) is 3.93. The average Bonchev–Trinajstić information content (AvgIpc) is 3.07. The number of hydrogen-bond acceptors (Lipinski definition) is 3. The van der Waals surface area contributed by atoms with Crippen molar-refractivity contribution in [2.45, 2.75) is 44.2 Å². The summed E-state index contributed by atoms with van der Waals surface area (Å²) in [7, 11) is 0. The smallest absolute Gasteiger partial charge is 0.325 e. The number of carbonyl (C=O) groups is 2. The number of aryl methyl sites for hydroxylation is 1. The molecule has 22 heavy (non-hydrogen) atoms. The fourth-order valence-electron chi connectivity index (χ4n) is 3.50. The highest BCUT2D eigenvalue weighted by Gasteiger charge is 2.60. The fourth-order valence-corrected chi connectivity index (χ4v) is 3.97. The highest BCUT2D eigenvalue weighted by molar-refractivity contribution is 7.98. The maximum absolute atomic E-state index is 12.5. The predicted molar refractivity (Wildman–Crippen MR) is 89.1 cm³/mol. The molecular weight excluding hydrogens is 296 g/mol. The van der Waals surface area contributed by atoms with Crippen LogP contribution in [0.3, 0.4) is 0 Å². The van der Waals surface area contributed by atoms with Crippen LogP contribution in [0.4, 0.5) is 4.79 Å². The minimum Gasteiger partial charge on any atom is -0.326 e. The lowest BCUT2D eigenvalue weighted by molar-refractivity contribution is -0.128. The highest BCUT2D eigenvalue weighted by Crippen LogP contribution is 2.52. The maximum atomic E-state index is 12.5. The van der Waals surface area contributed by atoms with Gasteiger partial charge >= 0.3 is 6.03 Å². The molecule has 0 spiro atoms. The first kappa shape index (κ1) is 15.4. The lowest BCUT2D eigenvalue weighted by Crippen LogP contribution is -2.37. The van der Waals surface area contributed by atoms with Crippen LogP contribution >= 0.6 is 11.8 Å². The molecule has 2 aliphatic rings. The van der Waals surface area contributed by atoms with Crippen LogP contribution in [0.2, 0.25) is 0 Å².